The van der Waals surface area contributed by atoms with E-state index in [-0.39, 0.29) is 22.1 Å². The maximum absolute atomic E-state index is 12.8. The number of pyridine rings is 1. The van der Waals surface area contributed by atoms with E-state index >= 15 is 0 Å². The number of nitrogens with zero attached hydrogens (tertiary/aromatic N) is 5. The van der Waals surface area contributed by atoms with E-state index in [1.54, 1.807) is 12.1 Å². The van der Waals surface area contributed by atoms with Gasteiger partial charge in [0.15, 0.2) is 5.75 Å². The average Bonchev–Trinajstić information content (AvgIpc) is 2.68. The minimum atomic E-state index is -4.88. The second kappa shape index (κ2) is 7.77. The maximum atomic E-state index is 12.8. The van der Waals surface area contributed by atoms with Gasteiger partial charge >= 0.3 is 6.36 Å². The van der Waals surface area contributed by atoms with Crippen LogP contribution in [0.2, 0.25) is 5.02 Å². The predicted octanol–water partition coefficient (Wildman–Crippen LogP) is 3.58. The number of benzene rings is 1. The van der Waals surface area contributed by atoms with Gasteiger partial charge in [-0.2, -0.15) is 0 Å². The molecule has 30 heavy (non-hydrogen) atoms. The van der Waals surface area contributed by atoms with Gasteiger partial charge in [-0.15, -0.1) is 13.2 Å². The summed E-state index contributed by atoms with van der Waals surface area (Å²) < 4.78 is 42.6. The number of likely N-dealkylation sites (N-methyl/N-ethyl adjacent to an activating group) is 1. The molecular formula is C19H18ClF3N6O. The molecule has 0 unspecified atom stereocenters. The summed E-state index contributed by atoms with van der Waals surface area (Å²) in [5, 5.41) is 0.899. The van der Waals surface area contributed by atoms with Crippen molar-refractivity contribution in [3.8, 4) is 17.0 Å². The van der Waals surface area contributed by atoms with Gasteiger partial charge in [0.05, 0.1) is 10.5 Å². The van der Waals surface area contributed by atoms with Gasteiger partial charge in [0.2, 0.25) is 0 Å². The van der Waals surface area contributed by atoms with Crippen LogP contribution in [0.5, 0.6) is 5.75 Å². The molecule has 1 aliphatic heterocycles. The summed E-state index contributed by atoms with van der Waals surface area (Å²) in [6.07, 6.45) is -3.46. The van der Waals surface area contributed by atoms with Gasteiger partial charge in [-0.25, -0.2) is 15.0 Å². The molecule has 3 aromatic rings. The van der Waals surface area contributed by atoms with Crippen LogP contribution in [0.25, 0.3) is 22.2 Å². The molecule has 2 aromatic heterocycles. The maximum Gasteiger partial charge on any atom is 0.573 e. The molecule has 1 saturated heterocycles. The number of nitrogen functional groups attached to an aromatic ring is 1. The largest absolute Gasteiger partial charge is 0.573 e. The Labute approximate surface area is 175 Å². The Morgan fingerprint density at radius 3 is 2.53 bits per heavy atom. The lowest BCUT2D eigenvalue weighted by Gasteiger charge is -2.33. The third kappa shape index (κ3) is 4.19. The van der Waals surface area contributed by atoms with Gasteiger partial charge in [0.1, 0.15) is 23.7 Å². The van der Waals surface area contributed by atoms with E-state index in [1.165, 1.54) is 12.4 Å². The molecule has 0 aliphatic carbocycles. The van der Waals surface area contributed by atoms with Gasteiger partial charge in [-0.1, -0.05) is 11.6 Å². The van der Waals surface area contributed by atoms with E-state index < -0.39 is 12.1 Å². The summed E-state index contributed by atoms with van der Waals surface area (Å²) in [5.74, 6) is 0.275. The standard InChI is InChI=1S/C19H18ClF3N6O/c1-28-4-6-29(7-5-28)18-12-8-13(20)11(9-14(12)25-10-26-18)17-15(30-19(21,22)23)2-3-16(24)27-17/h2-3,8-10H,4-7H2,1H3,(H2,24,27). The van der Waals surface area contributed by atoms with Gasteiger partial charge in [-0.3, -0.25) is 0 Å². The number of piperazine rings is 1. The first-order chi connectivity index (χ1) is 14.2. The minimum absolute atomic E-state index is 0.0384. The number of hydrogen-bond acceptors (Lipinski definition) is 7. The summed E-state index contributed by atoms with van der Waals surface area (Å²) in [6, 6.07) is 5.56. The van der Waals surface area contributed by atoms with Crippen LogP contribution < -0.4 is 15.4 Å². The Morgan fingerprint density at radius 2 is 1.83 bits per heavy atom. The fourth-order valence-corrected chi connectivity index (χ4v) is 3.63. The normalized spacial score (nSPS) is 15.6. The molecule has 0 atom stereocenters. The molecule has 1 aromatic carbocycles. The van der Waals surface area contributed by atoms with E-state index in [0.29, 0.717) is 10.9 Å². The van der Waals surface area contributed by atoms with Crippen molar-refractivity contribution in [2.75, 3.05) is 43.9 Å². The molecule has 3 heterocycles. The average molecular weight is 439 g/mol. The first-order valence-electron chi connectivity index (χ1n) is 9.11. The Bertz CT molecular complexity index is 1090. The highest BCUT2D eigenvalue weighted by atomic mass is 35.5. The lowest BCUT2D eigenvalue weighted by molar-refractivity contribution is -0.274. The van der Waals surface area contributed by atoms with E-state index in [1.807, 2.05) is 0 Å². The van der Waals surface area contributed by atoms with Crippen LogP contribution in [0.3, 0.4) is 0 Å². The summed E-state index contributed by atoms with van der Waals surface area (Å²) >= 11 is 6.47. The first-order valence-corrected chi connectivity index (χ1v) is 9.49. The molecule has 7 nitrogen and oxygen atoms in total. The van der Waals surface area contributed by atoms with Crippen LogP contribution in [-0.4, -0.2) is 59.4 Å². The molecule has 11 heteroatoms. The smallest absolute Gasteiger partial charge is 0.403 e. The van der Waals surface area contributed by atoms with Crippen molar-refractivity contribution in [1.29, 1.82) is 0 Å². The second-order valence-corrected chi connectivity index (χ2v) is 7.37. The number of halogens is 4. The van der Waals surface area contributed by atoms with Gasteiger partial charge in [0, 0.05) is 37.1 Å². The molecule has 1 aliphatic rings. The zero-order chi connectivity index (χ0) is 21.5. The van der Waals surface area contributed by atoms with E-state index in [4.69, 9.17) is 17.3 Å². The van der Waals surface area contributed by atoms with E-state index in [2.05, 4.69) is 36.5 Å². The van der Waals surface area contributed by atoms with E-state index in [0.717, 1.165) is 38.1 Å². The highest BCUT2D eigenvalue weighted by Crippen LogP contribution is 2.39. The highest BCUT2D eigenvalue weighted by molar-refractivity contribution is 6.34. The molecule has 0 spiro atoms. The molecule has 4 rings (SSSR count). The van der Waals surface area contributed by atoms with Crippen molar-refractivity contribution in [2.24, 2.45) is 0 Å². The zero-order valence-electron chi connectivity index (χ0n) is 15.9. The SMILES string of the molecule is CN1CCN(c2ncnc3cc(-c4nc(N)ccc4OC(F)(F)F)c(Cl)cc23)CC1. The molecule has 0 bridgehead atoms. The monoisotopic (exact) mass is 438 g/mol. The molecule has 0 radical (unpaired) electrons. The van der Waals surface area contributed by atoms with Gasteiger partial charge in [-0.05, 0) is 31.3 Å². The fourth-order valence-electron chi connectivity index (χ4n) is 3.38. The van der Waals surface area contributed by atoms with Crippen molar-refractivity contribution in [2.45, 2.75) is 6.36 Å². The minimum Gasteiger partial charge on any atom is -0.403 e. The summed E-state index contributed by atoms with van der Waals surface area (Å²) in [4.78, 5) is 17.1. The van der Waals surface area contributed by atoms with E-state index in [9.17, 15) is 13.2 Å². The Kier molecular flexibility index (Phi) is 5.29. The second-order valence-electron chi connectivity index (χ2n) is 6.97. The number of rotatable bonds is 3. The van der Waals surface area contributed by atoms with Crippen molar-refractivity contribution in [1.82, 2.24) is 19.9 Å². The first kappa shape index (κ1) is 20.4. The lowest BCUT2D eigenvalue weighted by atomic mass is 10.1. The Morgan fingerprint density at radius 1 is 1.10 bits per heavy atom. The van der Waals surface area contributed by atoms with Crippen LogP contribution in [0, 0.1) is 0 Å². The number of hydrogen-bond donors (Lipinski definition) is 1. The van der Waals surface area contributed by atoms with Crippen molar-refractivity contribution in [3.63, 3.8) is 0 Å². The Balaban J connectivity index is 1.81. The van der Waals surface area contributed by atoms with Gasteiger partial charge in [0.25, 0.3) is 0 Å². The molecule has 0 saturated carbocycles. The number of anilines is 2. The highest BCUT2D eigenvalue weighted by Gasteiger charge is 2.33. The van der Waals surface area contributed by atoms with Crippen molar-refractivity contribution in [3.05, 3.63) is 35.6 Å². The van der Waals surface area contributed by atoms with Crippen molar-refractivity contribution < 1.29 is 17.9 Å². The van der Waals surface area contributed by atoms with Crippen LogP contribution in [0.1, 0.15) is 0 Å². The number of ether oxygens (including phenoxy) is 1. The van der Waals surface area contributed by atoms with Crippen LogP contribution in [0.15, 0.2) is 30.6 Å². The number of fused-ring (bicyclic) bond motifs is 1. The summed E-state index contributed by atoms with van der Waals surface area (Å²) in [5.41, 5.74) is 6.35. The number of alkyl halides is 3. The van der Waals surface area contributed by atoms with Crippen molar-refractivity contribution >= 4 is 34.1 Å². The third-order valence-electron chi connectivity index (χ3n) is 4.87. The lowest BCUT2D eigenvalue weighted by Crippen LogP contribution is -2.44. The Hall–Kier alpha value is -2.85. The fraction of sp³-hybridized carbons (Fsp3) is 0.316. The summed E-state index contributed by atoms with van der Waals surface area (Å²) in [7, 11) is 2.05. The van der Waals surface area contributed by atoms with Gasteiger partial charge < -0.3 is 20.3 Å². The zero-order valence-corrected chi connectivity index (χ0v) is 16.7. The molecule has 158 valence electrons. The molecule has 1 fully saturated rings. The predicted molar refractivity (Wildman–Crippen MR) is 109 cm³/mol. The molecule has 0 amide bonds. The quantitative estimate of drug-likeness (QED) is 0.669. The van der Waals surface area contributed by atoms with Crippen LogP contribution in [-0.2, 0) is 0 Å². The number of nitrogens with two attached hydrogens (primary N) is 1. The molecule has 2 N–H and O–H groups in total. The molecular weight excluding hydrogens is 421 g/mol. The van der Waals surface area contributed by atoms with Crippen LogP contribution >= 0.6 is 11.6 Å². The van der Waals surface area contributed by atoms with Crippen LogP contribution in [0.4, 0.5) is 24.8 Å². The third-order valence-corrected chi connectivity index (χ3v) is 5.18. The topological polar surface area (TPSA) is 80.4 Å². The number of aromatic nitrogens is 3. The summed E-state index contributed by atoms with van der Waals surface area (Å²) in [6.45, 7) is 3.37.